The van der Waals surface area contributed by atoms with Crippen molar-refractivity contribution in [2.45, 2.75) is 26.8 Å². The van der Waals surface area contributed by atoms with E-state index in [1.165, 1.54) is 0 Å². The summed E-state index contributed by atoms with van der Waals surface area (Å²) in [6.07, 6.45) is 0. The predicted octanol–water partition coefficient (Wildman–Crippen LogP) is 0.878. The van der Waals surface area contributed by atoms with Crippen LogP contribution in [0.1, 0.15) is 30.0 Å². The zero-order chi connectivity index (χ0) is 12.1. The molecule has 1 aromatic rings. The molecule has 0 aliphatic rings. The zero-order valence-corrected chi connectivity index (χ0v) is 11.6. The van der Waals surface area contributed by atoms with Gasteiger partial charge in [0.15, 0.2) is 0 Å². The molecule has 0 aliphatic heterocycles. The number of amides is 1. The molecule has 1 amide bonds. The number of rotatable bonds is 5. The average Bonchev–Trinajstić information content (AvgIpc) is 2.55. The summed E-state index contributed by atoms with van der Waals surface area (Å²) in [5.41, 5.74) is 1.45. The van der Waals surface area contributed by atoms with Gasteiger partial charge in [-0.05, 0) is 26.5 Å². The van der Waals surface area contributed by atoms with Gasteiger partial charge >= 0.3 is 0 Å². The summed E-state index contributed by atoms with van der Waals surface area (Å²) in [5, 5.41) is 10.2. The lowest BCUT2D eigenvalue weighted by molar-refractivity contribution is 0.0941. The van der Waals surface area contributed by atoms with E-state index in [1.54, 1.807) is 17.8 Å². The van der Waals surface area contributed by atoms with E-state index in [0.717, 1.165) is 12.2 Å². The van der Waals surface area contributed by atoms with E-state index < -0.39 is 0 Å². The molecule has 1 rings (SSSR count). The Labute approximate surface area is 108 Å². The number of nitrogens with zero attached hydrogens (tertiary/aromatic N) is 2. The Balaban J connectivity index is 0.00000256. The van der Waals surface area contributed by atoms with E-state index in [-0.39, 0.29) is 24.4 Å². The number of likely N-dealkylation sites (N-methyl/N-ethyl adjacent to an activating group) is 1. The third-order valence-electron chi connectivity index (χ3n) is 2.36. The Hall–Kier alpha value is -1.07. The molecule has 5 nitrogen and oxygen atoms in total. The van der Waals surface area contributed by atoms with Crippen LogP contribution < -0.4 is 10.6 Å². The first-order valence-electron chi connectivity index (χ1n) is 5.56. The van der Waals surface area contributed by atoms with Crippen molar-refractivity contribution in [2.75, 3.05) is 13.1 Å². The summed E-state index contributed by atoms with van der Waals surface area (Å²) in [5.74, 6) is -0.0761. The van der Waals surface area contributed by atoms with Crippen LogP contribution in [0.2, 0.25) is 0 Å². The number of carbonyl (C=O) groups is 1. The lowest BCUT2D eigenvalue weighted by Crippen LogP contribution is -2.39. The van der Waals surface area contributed by atoms with Gasteiger partial charge in [0.25, 0.3) is 5.91 Å². The van der Waals surface area contributed by atoms with Gasteiger partial charge in [-0.1, -0.05) is 6.92 Å². The highest BCUT2D eigenvalue weighted by Crippen LogP contribution is 2.01. The van der Waals surface area contributed by atoms with Crippen LogP contribution in [0.4, 0.5) is 0 Å². The van der Waals surface area contributed by atoms with Gasteiger partial charge in [-0.25, -0.2) is 0 Å². The number of nitrogens with one attached hydrogen (secondary N) is 2. The van der Waals surface area contributed by atoms with Gasteiger partial charge in [0, 0.05) is 19.6 Å². The van der Waals surface area contributed by atoms with E-state index >= 15 is 0 Å². The minimum Gasteiger partial charge on any atom is -0.349 e. The maximum atomic E-state index is 11.8. The molecule has 0 saturated heterocycles. The number of aryl methyl sites for hydroxylation is 2. The van der Waals surface area contributed by atoms with Crippen molar-refractivity contribution < 1.29 is 4.79 Å². The van der Waals surface area contributed by atoms with Crippen molar-refractivity contribution in [1.29, 1.82) is 0 Å². The maximum absolute atomic E-state index is 11.8. The Kier molecular flexibility index (Phi) is 6.83. The second-order valence-electron chi connectivity index (χ2n) is 3.96. The van der Waals surface area contributed by atoms with Crippen molar-refractivity contribution >= 4 is 18.3 Å². The molecule has 0 bridgehead atoms. The molecule has 2 N–H and O–H groups in total. The molecule has 0 fully saturated rings. The van der Waals surface area contributed by atoms with Gasteiger partial charge in [0.05, 0.1) is 5.69 Å². The maximum Gasteiger partial charge on any atom is 0.269 e. The van der Waals surface area contributed by atoms with Crippen LogP contribution in [-0.2, 0) is 7.05 Å². The molecule has 0 aliphatic carbocycles. The van der Waals surface area contributed by atoms with Crippen molar-refractivity contribution in [2.24, 2.45) is 7.05 Å². The largest absolute Gasteiger partial charge is 0.349 e. The standard InChI is InChI=1S/C11H20N4O.ClH/c1-5-12-9(3)7-13-11(16)10-6-8(2)14-15(10)4;/h6,9,12H,5,7H2,1-4H3,(H,13,16);1H/t9-;/m1./s1. The van der Waals surface area contributed by atoms with E-state index in [1.807, 2.05) is 20.8 Å². The molecular formula is C11H21ClN4O. The van der Waals surface area contributed by atoms with Crippen LogP contribution in [0.15, 0.2) is 6.07 Å². The zero-order valence-electron chi connectivity index (χ0n) is 10.8. The summed E-state index contributed by atoms with van der Waals surface area (Å²) < 4.78 is 1.60. The molecule has 98 valence electrons. The third-order valence-corrected chi connectivity index (χ3v) is 2.36. The number of hydrogen-bond donors (Lipinski definition) is 2. The molecule has 0 radical (unpaired) electrons. The molecule has 1 aromatic heterocycles. The SMILES string of the molecule is CCN[C@H](C)CNC(=O)c1cc(C)nn1C.Cl. The summed E-state index contributed by atoms with van der Waals surface area (Å²) in [7, 11) is 1.77. The Morgan fingerprint density at radius 2 is 2.24 bits per heavy atom. The minimum absolute atomic E-state index is 0. The van der Waals surface area contributed by atoms with Crippen LogP contribution in [0, 0.1) is 6.92 Å². The molecule has 1 heterocycles. The van der Waals surface area contributed by atoms with Crippen LogP contribution in [0.3, 0.4) is 0 Å². The number of halogens is 1. The second kappa shape index (κ2) is 7.29. The van der Waals surface area contributed by atoms with Crippen LogP contribution >= 0.6 is 12.4 Å². The first-order chi connectivity index (χ1) is 7.54. The molecule has 0 unspecified atom stereocenters. The first kappa shape index (κ1) is 15.9. The summed E-state index contributed by atoms with van der Waals surface area (Å²) in [4.78, 5) is 11.8. The molecule has 6 heteroatoms. The lowest BCUT2D eigenvalue weighted by atomic mass is 10.3. The van der Waals surface area contributed by atoms with Gasteiger partial charge in [-0.2, -0.15) is 5.10 Å². The Morgan fingerprint density at radius 3 is 2.71 bits per heavy atom. The highest BCUT2D eigenvalue weighted by molar-refractivity contribution is 5.92. The molecule has 0 spiro atoms. The molecule has 0 aromatic carbocycles. The fraction of sp³-hybridized carbons (Fsp3) is 0.636. The lowest BCUT2D eigenvalue weighted by Gasteiger charge is -2.12. The Bertz CT molecular complexity index is 364. The van der Waals surface area contributed by atoms with Gasteiger partial charge < -0.3 is 10.6 Å². The third kappa shape index (κ3) is 4.75. The summed E-state index contributed by atoms with van der Waals surface area (Å²) in [6, 6.07) is 2.07. The van der Waals surface area contributed by atoms with Crippen LogP contribution in [0.5, 0.6) is 0 Å². The summed E-state index contributed by atoms with van der Waals surface area (Å²) >= 11 is 0. The monoisotopic (exact) mass is 260 g/mol. The smallest absolute Gasteiger partial charge is 0.269 e. The van der Waals surface area contributed by atoms with Crippen molar-refractivity contribution in [3.63, 3.8) is 0 Å². The fourth-order valence-electron chi connectivity index (χ4n) is 1.58. The molecule has 1 atom stereocenters. The van der Waals surface area contributed by atoms with Gasteiger partial charge in [-0.3, -0.25) is 9.48 Å². The highest BCUT2D eigenvalue weighted by Gasteiger charge is 2.11. The highest BCUT2D eigenvalue weighted by atomic mass is 35.5. The second-order valence-corrected chi connectivity index (χ2v) is 3.96. The number of carbonyl (C=O) groups excluding carboxylic acids is 1. The van der Waals surface area contributed by atoms with Crippen molar-refractivity contribution in [3.8, 4) is 0 Å². The van der Waals surface area contributed by atoms with Crippen molar-refractivity contribution in [3.05, 3.63) is 17.5 Å². The predicted molar refractivity (Wildman–Crippen MR) is 70.7 cm³/mol. The van der Waals surface area contributed by atoms with Gasteiger partial charge in [0.2, 0.25) is 0 Å². The minimum atomic E-state index is -0.0761. The molecule has 0 saturated carbocycles. The van der Waals surface area contributed by atoms with E-state index in [2.05, 4.69) is 15.7 Å². The van der Waals surface area contributed by atoms with Gasteiger partial charge in [-0.15, -0.1) is 12.4 Å². The van der Waals surface area contributed by atoms with E-state index in [9.17, 15) is 4.79 Å². The molecule has 17 heavy (non-hydrogen) atoms. The Morgan fingerprint density at radius 1 is 1.59 bits per heavy atom. The first-order valence-corrected chi connectivity index (χ1v) is 5.56. The topological polar surface area (TPSA) is 58.9 Å². The summed E-state index contributed by atoms with van der Waals surface area (Å²) in [6.45, 7) is 7.48. The quantitative estimate of drug-likeness (QED) is 0.826. The van der Waals surface area contributed by atoms with Crippen molar-refractivity contribution in [1.82, 2.24) is 20.4 Å². The fourth-order valence-corrected chi connectivity index (χ4v) is 1.58. The van der Waals surface area contributed by atoms with Gasteiger partial charge in [0.1, 0.15) is 5.69 Å². The average molecular weight is 261 g/mol. The molecular weight excluding hydrogens is 240 g/mol. The number of aromatic nitrogens is 2. The van der Waals surface area contributed by atoms with E-state index in [4.69, 9.17) is 0 Å². The van der Waals surface area contributed by atoms with Crippen LogP contribution in [0.25, 0.3) is 0 Å². The van der Waals surface area contributed by atoms with Crippen LogP contribution in [-0.4, -0.2) is 34.8 Å². The normalized spacial score (nSPS) is 11.8. The van der Waals surface area contributed by atoms with E-state index in [0.29, 0.717) is 12.2 Å². The number of hydrogen-bond acceptors (Lipinski definition) is 3.